The van der Waals surface area contributed by atoms with E-state index in [1.165, 1.54) is 0 Å². The first kappa shape index (κ1) is 13.7. The van der Waals surface area contributed by atoms with Crippen LogP contribution in [0.15, 0.2) is 0 Å². The van der Waals surface area contributed by atoms with Gasteiger partial charge in [0.25, 0.3) is 0 Å². The molecular formula is C9H13Cl3N4. The maximum absolute atomic E-state index is 5.72. The standard InChI is InChI=1S/C9H13Cl3N4/c1-5-13-6(9(10,11)12)15-7(14-5)16-8(2,3)4/h1-4H3,(H,13,14,15,16). The summed E-state index contributed by atoms with van der Waals surface area (Å²) >= 11 is 17.2. The van der Waals surface area contributed by atoms with Gasteiger partial charge in [-0.25, -0.2) is 4.98 Å². The first-order valence-corrected chi connectivity index (χ1v) is 5.79. The van der Waals surface area contributed by atoms with Crippen molar-refractivity contribution in [1.82, 2.24) is 15.0 Å². The van der Waals surface area contributed by atoms with Crippen LogP contribution in [0.5, 0.6) is 0 Å². The summed E-state index contributed by atoms with van der Waals surface area (Å²) < 4.78 is -1.64. The Morgan fingerprint density at radius 3 is 2.00 bits per heavy atom. The molecule has 0 spiro atoms. The highest BCUT2D eigenvalue weighted by molar-refractivity contribution is 6.66. The predicted molar refractivity (Wildman–Crippen MR) is 67.2 cm³/mol. The zero-order valence-corrected chi connectivity index (χ0v) is 11.7. The minimum Gasteiger partial charge on any atom is -0.350 e. The smallest absolute Gasteiger partial charge is 0.250 e. The van der Waals surface area contributed by atoms with E-state index in [2.05, 4.69) is 20.3 Å². The van der Waals surface area contributed by atoms with Crippen molar-refractivity contribution < 1.29 is 0 Å². The van der Waals surface area contributed by atoms with Gasteiger partial charge < -0.3 is 5.32 Å². The number of alkyl halides is 3. The van der Waals surface area contributed by atoms with Crippen molar-refractivity contribution in [1.29, 1.82) is 0 Å². The Kier molecular flexibility index (Phi) is 3.87. The Morgan fingerprint density at radius 1 is 1.00 bits per heavy atom. The van der Waals surface area contributed by atoms with Crippen molar-refractivity contribution in [3.8, 4) is 0 Å². The minimum absolute atomic E-state index is 0.122. The van der Waals surface area contributed by atoms with Crippen LogP contribution in [0.4, 0.5) is 5.95 Å². The molecular weight excluding hydrogens is 270 g/mol. The predicted octanol–water partition coefficient (Wildman–Crippen LogP) is 3.22. The molecule has 0 aliphatic carbocycles. The SMILES string of the molecule is Cc1nc(NC(C)(C)C)nc(C(Cl)(Cl)Cl)n1. The van der Waals surface area contributed by atoms with E-state index < -0.39 is 3.79 Å². The topological polar surface area (TPSA) is 50.7 Å². The van der Waals surface area contributed by atoms with Crippen molar-refractivity contribution in [2.75, 3.05) is 5.32 Å². The van der Waals surface area contributed by atoms with E-state index in [-0.39, 0.29) is 11.4 Å². The van der Waals surface area contributed by atoms with Gasteiger partial charge in [-0.2, -0.15) is 9.97 Å². The maximum atomic E-state index is 5.72. The number of hydrogen-bond acceptors (Lipinski definition) is 4. The number of nitrogens with one attached hydrogen (secondary N) is 1. The highest BCUT2D eigenvalue weighted by Crippen LogP contribution is 2.36. The minimum atomic E-state index is -1.64. The third kappa shape index (κ3) is 4.28. The molecule has 0 unspecified atom stereocenters. The summed E-state index contributed by atoms with van der Waals surface area (Å²) in [6.07, 6.45) is 0. The van der Waals surface area contributed by atoms with Crippen LogP contribution in [-0.4, -0.2) is 20.5 Å². The van der Waals surface area contributed by atoms with Gasteiger partial charge >= 0.3 is 0 Å². The Balaban J connectivity index is 3.09. The summed E-state index contributed by atoms with van der Waals surface area (Å²) in [6.45, 7) is 7.68. The van der Waals surface area contributed by atoms with Gasteiger partial charge in [-0.05, 0) is 27.7 Å². The maximum Gasteiger partial charge on any atom is 0.250 e. The zero-order valence-electron chi connectivity index (χ0n) is 9.48. The molecule has 0 radical (unpaired) electrons. The van der Waals surface area contributed by atoms with Gasteiger partial charge in [-0.1, -0.05) is 34.8 Å². The molecule has 0 saturated heterocycles. The summed E-state index contributed by atoms with van der Waals surface area (Å²) in [4.78, 5) is 12.2. The van der Waals surface area contributed by atoms with Gasteiger partial charge in [0.1, 0.15) is 5.82 Å². The second-order valence-electron chi connectivity index (χ2n) is 4.40. The molecule has 16 heavy (non-hydrogen) atoms. The van der Waals surface area contributed by atoms with Crippen LogP contribution in [0, 0.1) is 6.92 Å². The first-order chi connectivity index (χ1) is 7.08. The second kappa shape index (κ2) is 4.51. The molecule has 90 valence electrons. The van der Waals surface area contributed by atoms with E-state index >= 15 is 0 Å². The molecule has 0 atom stereocenters. The molecule has 0 saturated carbocycles. The fourth-order valence-electron chi connectivity index (χ4n) is 1.000. The van der Waals surface area contributed by atoms with E-state index in [1.54, 1.807) is 6.92 Å². The summed E-state index contributed by atoms with van der Waals surface area (Å²) in [5, 5.41) is 3.10. The Hall–Kier alpha value is -0.320. The molecule has 0 aromatic carbocycles. The normalized spacial score (nSPS) is 12.7. The fourth-order valence-corrected chi connectivity index (χ4v) is 1.25. The second-order valence-corrected chi connectivity index (χ2v) is 6.68. The first-order valence-electron chi connectivity index (χ1n) is 4.66. The van der Waals surface area contributed by atoms with Gasteiger partial charge in [-0.15, -0.1) is 0 Å². The lowest BCUT2D eigenvalue weighted by atomic mass is 10.1. The Bertz CT molecular complexity index is 381. The van der Waals surface area contributed by atoms with Crippen LogP contribution in [0.1, 0.15) is 32.4 Å². The molecule has 0 aliphatic rings. The quantitative estimate of drug-likeness (QED) is 0.804. The van der Waals surface area contributed by atoms with E-state index in [0.29, 0.717) is 11.8 Å². The van der Waals surface area contributed by atoms with E-state index in [9.17, 15) is 0 Å². The number of nitrogens with zero attached hydrogens (tertiary/aromatic N) is 3. The van der Waals surface area contributed by atoms with Crippen LogP contribution in [-0.2, 0) is 3.79 Å². The molecule has 0 bridgehead atoms. The monoisotopic (exact) mass is 282 g/mol. The lowest BCUT2D eigenvalue weighted by Gasteiger charge is -2.21. The number of aromatic nitrogens is 3. The Morgan fingerprint density at radius 2 is 1.56 bits per heavy atom. The largest absolute Gasteiger partial charge is 0.350 e. The third-order valence-corrected chi connectivity index (χ3v) is 1.99. The van der Waals surface area contributed by atoms with Crippen LogP contribution in [0.3, 0.4) is 0 Å². The van der Waals surface area contributed by atoms with Gasteiger partial charge in [0, 0.05) is 5.54 Å². The van der Waals surface area contributed by atoms with E-state index in [0.717, 1.165) is 0 Å². The summed E-state index contributed by atoms with van der Waals surface area (Å²) in [5.41, 5.74) is -0.168. The molecule has 0 fully saturated rings. The van der Waals surface area contributed by atoms with Gasteiger partial charge in [0.15, 0.2) is 5.82 Å². The Labute approximate surface area is 110 Å². The van der Waals surface area contributed by atoms with Gasteiger partial charge in [0.2, 0.25) is 9.74 Å². The van der Waals surface area contributed by atoms with Crippen LogP contribution in [0.25, 0.3) is 0 Å². The molecule has 7 heteroatoms. The highest BCUT2D eigenvalue weighted by Gasteiger charge is 2.28. The number of aryl methyl sites for hydroxylation is 1. The highest BCUT2D eigenvalue weighted by atomic mass is 35.6. The van der Waals surface area contributed by atoms with Gasteiger partial charge in [0.05, 0.1) is 0 Å². The molecule has 0 amide bonds. The van der Waals surface area contributed by atoms with Crippen molar-refractivity contribution in [3.63, 3.8) is 0 Å². The molecule has 0 aliphatic heterocycles. The summed E-state index contributed by atoms with van der Waals surface area (Å²) in [6, 6.07) is 0. The third-order valence-electron chi connectivity index (χ3n) is 1.49. The molecule has 1 rings (SSSR count). The van der Waals surface area contributed by atoms with E-state index in [1.807, 2.05) is 20.8 Å². The van der Waals surface area contributed by atoms with Crippen molar-refractivity contribution in [2.24, 2.45) is 0 Å². The molecule has 4 nitrogen and oxygen atoms in total. The average molecular weight is 284 g/mol. The molecule has 1 aromatic rings. The number of halogens is 3. The van der Waals surface area contributed by atoms with Crippen molar-refractivity contribution >= 4 is 40.8 Å². The number of rotatable bonds is 1. The number of anilines is 1. The van der Waals surface area contributed by atoms with Gasteiger partial charge in [-0.3, -0.25) is 0 Å². The number of hydrogen-bond donors (Lipinski definition) is 1. The molecule has 1 heterocycles. The lowest BCUT2D eigenvalue weighted by molar-refractivity contribution is 0.622. The van der Waals surface area contributed by atoms with Crippen molar-refractivity contribution in [2.45, 2.75) is 37.0 Å². The summed E-state index contributed by atoms with van der Waals surface area (Å²) in [7, 11) is 0. The molecule has 1 N–H and O–H groups in total. The van der Waals surface area contributed by atoms with Crippen LogP contribution < -0.4 is 5.32 Å². The average Bonchev–Trinajstić information content (AvgIpc) is 1.97. The zero-order chi connectivity index (χ0) is 12.6. The van der Waals surface area contributed by atoms with E-state index in [4.69, 9.17) is 34.8 Å². The molecule has 1 aromatic heterocycles. The fraction of sp³-hybridized carbons (Fsp3) is 0.667. The van der Waals surface area contributed by atoms with Crippen molar-refractivity contribution in [3.05, 3.63) is 11.6 Å². The van der Waals surface area contributed by atoms with Crippen LogP contribution >= 0.6 is 34.8 Å². The van der Waals surface area contributed by atoms with Crippen LogP contribution in [0.2, 0.25) is 0 Å². The summed E-state index contributed by atoms with van der Waals surface area (Å²) in [5.74, 6) is 1.03. The lowest BCUT2D eigenvalue weighted by Crippen LogP contribution is -2.28.